The fraction of sp³-hybridized carbons (Fsp3) is 0.348. The van der Waals surface area contributed by atoms with Crippen LogP contribution in [-0.4, -0.2) is 37.6 Å². The van der Waals surface area contributed by atoms with Gasteiger partial charge in [0.2, 0.25) is 11.8 Å². The summed E-state index contributed by atoms with van der Waals surface area (Å²) in [5.41, 5.74) is 2.07. The van der Waals surface area contributed by atoms with Gasteiger partial charge in [0.15, 0.2) is 0 Å². The van der Waals surface area contributed by atoms with Gasteiger partial charge in [-0.2, -0.15) is 5.10 Å². The number of alkyl halides is 2. The van der Waals surface area contributed by atoms with E-state index < -0.39 is 23.8 Å². The first-order chi connectivity index (χ1) is 16.2. The molecule has 0 radical (unpaired) electrons. The van der Waals surface area contributed by atoms with Crippen LogP contribution in [0.15, 0.2) is 42.9 Å². The largest absolute Gasteiger partial charge is 0.455 e. The first-order valence-electron chi connectivity index (χ1n) is 10.8. The van der Waals surface area contributed by atoms with E-state index in [1.165, 1.54) is 6.07 Å². The number of nitrogens with one attached hydrogen (secondary N) is 2. The molecule has 178 valence electrons. The fourth-order valence-electron chi connectivity index (χ4n) is 3.70. The van der Waals surface area contributed by atoms with Crippen LogP contribution >= 0.6 is 0 Å². The molecule has 11 heteroatoms. The first-order valence-corrected chi connectivity index (χ1v) is 10.8. The SMILES string of the molecule is Cc1nc(NC(=O)NC(=O)C2CCC(F)(F)CC2)ccc1Oc1ccnc(-c2cnn(C)c2)c1. The molecule has 34 heavy (non-hydrogen) atoms. The minimum Gasteiger partial charge on any atom is -0.455 e. The molecule has 0 spiro atoms. The Kier molecular flexibility index (Phi) is 6.53. The summed E-state index contributed by atoms with van der Waals surface area (Å²) in [4.78, 5) is 33.0. The predicted octanol–water partition coefficient (Wildman–Crippen LogP) is 4.45. The molecule has 3 heterocycles. The van der Waals surface area contributed by atoms with Gasteiger partial charge in [0.25, 0.3) is 0 Å². The fourth-order valence-corrected chi connectivity index (χ4v) is 3.70. The Labute approximate surface area is 194 Å². The van der Waals surface area contributed by atoms with Crippen molar-refractivity contribution in [3.63, 3.8) is 0 Å². The normalized spacial score (nSPS) is 15.5. The third-order valence-electron chi connectivity index (χ3n) is 5.56. The zero-order chi connectivity index (χ0) is 24.3. The number of carbonyl (C=O) groups is 2. The Hall–Kier alpha value is -3.89. The zero-order valence-corrected chi connectivity index (χ0v) is 18.7. The van der Waals surface area contributed by atoms with Crippen molar-refractivity contribution in [1.82, 2.24) is 25.1 Å². The number of urea groups is 1. The number of hydrogen-bond donors (Lipinski definition) is 2. The van der Waals surface area contributed by atoms with E-state index in [1.807, 2.05) is 13.2 Å². The number of anilines is 1. The monoisotopic (exact) mass is 470 g/mol. The summed E-state index contributed by atoms with van der Waals surface area (Å²) in [6.45, 7) is 1.72. The molecule has 3 aromatic heterocycles. The molecule has 0 atom stereocenters. The minimum atomic E-state index is -2.74. The van der Waals surface area contributed by atoms with Crippen LogP contribution in [0.2, 0.25) is 0 Å². The van der Waals surface area contributed by atoms with Crippen LogP contribution in [0.4, 0.5) is 19.4 Å². The number of pyridine rings is 2. The highest BCUT2D eigenvalue weighted by atomic mass is 19.3. The molecule has 9 nitrogen and oxygen atoms in total. The smallest absolute Gasteiger partial charge is 0.327 e. The van der Waals surface area contributed by atoms with Gasteiger partial charge in [0.1, 0.15) is 17.3 Å². The molecule has 1 aliphatic rings. The first kappa shape index (κ1) is 23.3. The summed E-state index contributed by atoms with van der Waals surface area (Å²) in [5, 5.41) is 8.83. The second-order valence-corrected chi connectivity index (χ2v) is 8.24. The second kappa shape index (κ2) is 9.54. The lowest BCUT2D eigenvalue weighted by atomic mass is 9.86. The van der Waals surface area contributed by atoms with Crippen LogP contribution in [0.5, 0.6) is 11.5 Å². The maximum Gasteiger partial charge on any atom is 0.327 e. The number of aryl methyl sites for hydroxylation is 2. The molecule has 0 aliphatic heterocycles. The minimum absolute atomic E-state index is 0.0486. The number of imide groups is 1. The number of rotatable bonds is 5. The average molecular weight is 470 g/mol. The lowest BCUT2D eigenvalue weighted by Crippen LogP contribution is -2.41. The third-order valence-corrected chi connectivity index (χ3v) is 5.56. The van der Waals surface area contributed by atoms with E-state index >= 15 is 0 Å². The van der Waals surface area contributed by atoms with Crippen molar-refractivity contribution in [3.05, 3.63) is 48.5 Å². The van der Waals surface area contributed by atoms with Crippen LogP contribution in [0.3, 0.4) is 0 Å². The van der Waals surface area contributed by atoms with Crippen LogP contribution < -0.4 is 15.4 Å². The molecule has 0 aromatic carbocycles. The maximum absolute atomic E-state index is 13.3. The predicted molar refractivity (Wildman–Crippen MR) is 120 cm³/mol. The van der Waals surface area contributed by atoms with E-state index in [-0.39, 0.29) is 31.5 Å². The van der Waals surface area contributed by atoms with Gasteiger partial charge in [0.05, 0.1) is 17.6 Å². The van der Waals surface area contributed by atoms with E-state index in [4.69, 9.17) is 4.74 Å². The molecule has 3 amide bonds. The van der Waals surface area contributed by atoms with Crippen molar-refractivity contribution in [2.75, 3.05) is 5.32 Å². The molecular formula is C23H24F2N6O3. The van der Waals surface area contributed by atoms with Gasteiger partial charge in [-0.25, -0.2) is 18.6 Å². The van der Waals surface area contributed by atoms with Crippen molar-refractivity contribution in [3.8, 4) is 22.8 Å². The van der Waals surface area contributed by atoms with Gasteiger partial charge in [-0.05, 0) is 38.0 Å². The molecule has 0 saturated heterocycles. The number of amides is 3. The van der Waals surface area contributed by atoms with Gasteiger partial charge in [-0.3, -0.25) is 25.1 Å². The molecular weight excluding hydrogens is 446 g/mol. The molecule has 1 aliphatic carbocycles. The molecule has 2 N–H and O–H groups in total. The molecule has 1 fully saturated rings. The number of hydrogen-bond acceptors (Lipinski definition) is 6. The van der Waals surface area contributed by atoms with E-state index in [1.54, 1.807) is 42.2 Å². The lowest BCUT2D eigenvalue weighted by molar-refractivity contribution is -0.127. The van der Waals surface area contributed by atoms with Gasteiger partial charge in [-0.15, -0.1) is 0 Å². The summed E-state index contributed by atoms with van der Waals surface area (Å²) in [5.74, 6) is -2.65. The highest BCUT2D eigenvalue weighted by molar-refractivity contribution is 6.01. The summed E-state index contributed by atoms with van der Waals surface area (Å²) in [7, 11) is 1.82. The van der Waals surface area contributed by atoms with E-state index in [2.05, 4.69) is 25.7 Å². The number of nitrogens with zero attached hydrogens (tertiary/aromatic N) is 4. The Morgan fingerprint density at radius 1 is 1.21 bits per heavy atom. The third kappa shape index (κ3) is 5.72. The van der Waals surface area contributed by atoms with E-state index in [0.717, 1.165) is 5.56 Å². The number of halogens is 2. The van der Waals surface area contributed by atoms with E-state index in [0.29, 0.717) is 22.9 Å². The molecule has 3 aromatic rings. The van der Waals surface area contributed by atoms with Crippen molar-refractivity contribution in [2.24, 2.45) is 13.0 Å². The summed E-state index contributed by atoms with van der Waals surface area (Å²) >= 11 is 0. The van der Waals surface area contributed by atoms with Crippen LogP contribution in [0.1, 0.15) is 31.4 Å². The quantitative estimate of drug-likeness (QED) is 0.570. The van der Waals surface area contributed by atoms with Gasteiger partial charge in [0, 0.05) is 49.8 Å². The Balaban J connectivity index is 1.35. The molecule has 4 rings (SSSR count). The van der Waals surface area contributed by atoms with Gasteiger partial charge < -0.3 is 4.74 Å². The molecule has 0 unspecified atom stereocenters. The number of ether oxygens (including phenoxy) is 1. The molecule has 0 bridgehead atoms. The topological polar surface area (TPSA) is 111 Å². The Morgan fingerprint density at radius 3 is 2.65 bits per heavy atom. The van der Waals surface area contributed by atoms with Gasteiger partial charge >= 0.3 is 6.03 Å². The summed E-state index contributed by atoms with van der Waals surface area (Å²) in [6.07, 6.45) is 4.58. The van der Waals surface area contributed by atoms with Crippen molar-refractivity contribution < 1.29 is 23.1 Å². The van der Waals surface area contributed by atoms with Crippen LogP contribution in [0, 0.1) is 12.8 Å². The Morgan fingerprint density at radius 2 is 1.97 bits per heavy atom. The van der Waals surface area contributed by atoms with Crippen molar-refractivity contribution >= 4 is 17.8 Å². The highest BCUT2D eigenvalue weighted by Gasteiger charge is 2.37. The standard InChI is InChI=1S/C23H24F2N6O3/c1-14-19(34-17-7-10-26-18(11-17)16-12-27-31(2)13-16)3-4-20(28-14)29-22(33)30-21(32)15-5-8-23(24,25)9-6-15/h3-4,7,10-13,15H,5-6,8-9H2,1-2H3,(H2,28,29,30,32,33). The average Bonchev–Trinajstić information content (AvgIpc) is 3.22. The number of aromatic nitrogens is 4. The van der Waals surface area contributed by atoms with Crippen molar-refractivity contribution in [1.29, 1.82) is 0 Å². The van der Waals surface area contributed by atoms with Crippen LogP contribution in [-0.2, 0) is 11.8 Å². The lowest BCUT2D eigenvalue weighted by Gasteiger charge is -2.27. The molecule has 1 saturated carbocycles. The summed E-state index contributed by atoms with van der Waals surface area (Å²) in [6, 6.07) is 5.91. The van der Waals surface area contributed by atoms with Gasteiger partial charge in [-0.1, -0.05) is 0 Å². The Bertz CT molecular complexity index is 1200. The number of carbonyl (C=O) groups excluding carboxylic acids is 2. The zero-order valence-electron chi connectivity index (χ0n) is 18.7. The van der Waals surface area contributed by atoms with Crippen LogP contribution in [0.25, 0.3) is 11.3 Å². The highest BCUT2D eigenvalue weighted by Crippen LogP contribution is 2.36. The second-order valence-electron chi connectivity index (χ2n) is 8.24. The van der Waals surface area contributed by atoms with E-state index in [9.17, 15) is 18.4 Å². The summed E-state index contributed by atoms with van der Waals surface area (Å²) < 4.78 is 34.1. The maximum atomic E-state index is 13.3. The van der Waals surface area contributed by atoms with Crippen molar-refractivity contribution in [2.45, 2.75) is 38.5 Å².